The Hall–Kier alpha value is -1.68. The molecular weight excluding hydrogens is 290 g/mol. The fourth-order valence-corrected chi connectivity index (χ4v) is 2.35. The van der Waals surface area contributed by atoms with Crippen LogP contribution in [-0.2, 0) is 4.74 Å². The summed E-state index contributed by atoms with van der Waals surface area (Å²) >= 11 is 0. The standard InChI is InChI=1S/C19H29NO3/c1-6-14(2)13-23-19(4,5)11-15(3)20-18(22)17-9-7-16(12-21)8-10-17/h7-10,12,14-15H,6,11,13H2,1-5H3,(H,20,22). The van der Waals surface area contributed by atoms with E-state index < -0.39 is 0 Å². The van der Waals surface area contributed by atoms with Crippen LogP contribution in [0.5, 0.6) is 0 Å². The lowest BCUT2D eigenvalue weighted by Crippen LogP contribution is -2.39. The normalized spacial score (nSPS) is 14.1. The van der Waals surface area contributed by atoms with Crippen LogP contribution in [0.25, 0.3) is 0 Å². The van der Waals surface area contributed by atoms with Crippen LogP contribution < -0.4 is 5.32 Å². The van der Waals surface area contributed by atoms with E-state index in [0.717, 1.165) is 25.7 Å². The van der Waals surface area contributed by atoms with Crippen LogP contribution in [0.2, 0.25) is 0 Å². The highest BCUT2D eigenvalue weighted by Crippen LogP contribution is 2.19. The molecule has 0 aliphatic heterocycles. The second-order valence-electron chi connectivity index (χ2n) is 6.90. The molecule has 1 N–H and O–H groups in total. The second-order valence-corrected chi connectivity index (χ2v) is 6.90. The molecule has 0 saturated heterocycles. The van der Waals surface area contributed by atoms with Crippen LogP contribution in [-0.4, -0.2) is 30.4 Å². The average Bonchev–Trinajstić information content (AvgIpc) is 2.52. The Labute approximate surface area is 139 Å². The first-order valence-corrected chi connectivity index (χ1v) is 8.27. The zero-order chi connectivity index (χ0) is 17.5. The molecular formula is C19H29NO3. The van der Waals surface area contributed by atoms with Gasteiger partial charge in [-0.15, -0.1) is 0 Å². The minimum absolute atomic E-state index is 0.000167. The number of hydrogen-bond donors (Lipinski definition) is 1. The molecule has 0 aromatic heterocycles. The van der Waals surface area contributed by atoms with Gasteiger partial charge < -0.3 is 10.1 Å². The quantitative estimate of drug-likeness (QED) is 0.703. The van der Waals surface area contributed by atoms with Crippen molar-refractivity contribution in [1.29, 1.82) is 0 Å². The molecule has 1 aromatic rings. The number of aldehydes is 1. The molecule has 0 bridgehead atoms. The molecule has 2 atom stereocenters. The van der Waals surface area contributed by atoms with Gasteiger partial charge in [0.15, 0.2) is 0 Å². The van der Waals surface area contributed by atoms with E-state index in [1.54, 1.807) is 24.3 Å². The highest BCUT2D eigenvalue weighted by atomic mass is 16.5. The van der Waals surface area contributed by atoms with Crippen molar-refractivity contribution in [2.75, 3.05) is 6.61 Å². The summed E-state index contributed by atoms with van der Waals surface area (Å²) in [7, 11) is 0. The molecule has 4 nitrogen and oxygen atoms in total. The molecule has 23 heavy (non-hydrogen) atoms. The number of carbonyl (C=O) groups excluding carboxylic acids is 2. The molecule has 0 spiro atoms. The van der Waals surface area contributed by atoms with Gasteiger partial charge in [-0.05, 0) is 45.2 Å². The first-order valence-electron chi connectivity index (χ1n) is 8.27. The summed E-state index contributed by atoms with van der Waals surface area (Å²) in [5.74, 6) is 0.406. The lowest BCUT2D eigenvalue weighted by molar-refractivity contribution is -0.0429. The van der Waals surface area contributed by atoms with E-state index in [0.29, 0.717) is 17.0 Å². The summed E-state index contributed by atoms with van der Waals surface area (Å²) in [6.07, 6.45) is 2.60. The van der Waals surface area contributed by atoms with Gasteiger partial charge in [0.2, 0.25) is 0 Å². The van der Waals surface area contributed by atoms with Crippen molar-refractivity contribution in [1.82, 2.24) is 5.32 Å². The Morgan fingerprint density at radius 3 is 2.39 bits per heavy atom. The zero-order valence-electron chi connectivity index (χ0n) is 14.9. The van der Waals surface area contributed by atoms with E-state index in [-0.39, 0.29) is 17.6 Å². The van der Waals surface area contributed by atoms with E-state index in [1.165, 1.54) is 0 Å². The molecule has 0 aliphatic carbocycles. The molecule has 0 aliphatic rings. The van der Waals surface area contributed by atoms with Gasteiger partial charge in [-0.2, -0.15) is 0 Å². The molecule has 0 fully saturated rings. The maximum atomic E-state index is 12.2. The lowest BCUT2D eigenvalue weighted by Gasteiger charge is -2.30. The van der Waals surface area contributed by atoms with E-state index >= 15 is 0 Å². The fourth-order valence-electron chi connectivity index (χ4n) is 2.35. The summed E-state index contributed by atoms with van der Waals surface area (Å²) in [6.45, 7) is 11.1. The van der Waals surface area contributed by atoms with Crippen molar-refractivity contribution < 1.29 is 14.3 Å². The van der Waals surface area contributed by atoms with Crippen LogP contribution >= 0.6 is 0 Å². The van der Waals surface area contributed by atoms with E-state index in [1.807, 2.05) is 6.92 Å². The van der Waals surface area contributed by atoms with Crippen LogP contribution in [0.1, 0.15) is 68.2 Å². The summed E-state index contributed by atoms with van der Waals surface area (Å²) in [4.78, 5) is 22.9. The van der Waals surface area contributed by atoms with Crippen LogP contribution in [0, 0.1) is 5.92 Å². The summed E-state index contributed by atoms with van der Waals surface area (Å²) in [6, 6.07) is 6.62. The fraction of sp³-hybridized carbons (Fsp3) is 0.579. The van der Waals surface area contributed by atoms with Crippen LogP contribution in [0.4, 0.5) is 0 Å². The average molecular weight is 319 g/mol. The van der Waals surface area contributed by atoms with Gasteiger partial charge in [-0.25, -0.2) is 0 Å². The third kappa shape index (κ3) is 6.95. The van der Waals surface area contributed by atoms with Gasteiger partial charge in [-0.1, -0.05) is 32.4 Å². The number of nitrogens with one attached hydrogen (secondary N) is 1. The maximum absolute atomic E-state index is 12.2. The largest absolute Gasteiger partial charge is 0.375 e. The van der Waals surface area contributed by atoms with Crippen molar-refractivity contribution in [3.63, 3.8) is 0 Å². The number of rotatable bonds is 9. The SMILES string of the molecule is CCC(C)COC(C)(C)CC(C)NC(=O)c1ccc(C=O)cc1. The Kier molecular flexibility index (Phi) is 7.43. The lowest BCUT2D eigenvalue weighted by atomic mass is 9.99. The molecule has 0 radical (unpaired) electrons. The molecule has 128 valence electrons. The van der Waals surface area contributed by atoms with Crippen molar-refractivity contribution >= 4 is 12.2 Å². The molecule has 1 rings (SSSR count). The van der Waals surface area contributed by atoms with Crippen molar-refractivity contribution in [3.8, 4) is 0 Å². The number of benzene rings is 1. The number of carbonyl (C=O) groups is 2. The van der Waals surface area contributed by atoms with E-state index in [4.69, 9.17) is 4.74 Å². The van der Waals surface area contributed by atoms with Crippen molar-refractivity contribution in [2.24, 2.45) is 5.92 Å². The number of amides is 1. The molecule has 1 amide bonds. The van der Waals surface area contributed by atoms with Crippen LogP contribution in [0.15, 0.2) is 24.3 Å². The first kappa shape index (κ1) is 19.4. The summed E-state index contributed by atoms with van der Waals surface area (Å²) in [5.41, 5.74) is 0.840. The van der Waals surface area contributed by atoms with Crippen molar-refractivity contribution in [2.45, 2.75) is 59.1 Å². The van der Waals surface area contributed by atoms with Gasteiger partial charge in [0, 0.05) is 23.8 Å². The number of hydrogen-bond acceptors (Lipinski definition) is 3. The summed E-state index contributed by atoms with van der Waals surface area (Å²) < 4.78 is 5.98. The Morgan fingerprint density at radius 2 is 1.87 bits per heavy atom. The van der Waals surface area contributed by atoms with Crippen LogP contribution in [0.3, 0.4) is 0 Å². The number of ether oxygens (including phenoxy) is 1. The summed E-state index contributed by atoms with van der Waals surface area (Å²) in [5, 5.41) is 2.98. The second kappa shape index (κ2) is 8.82. The van der Waals surface area contributed by atoms with Gasteiger partial charge in [0.25, 0.3) is 5.91 Å². The third-order valence-electron chi connectivity index (χ3n) is 3.94. The molecule has 4 heteroatoms. The van der Waals surface area contributed by atoms with Crippen molar-refractivity contribution in [3.05, 3.63) is 35.4 Å². The highest BCUT2D eigenvalue weighted by molar-refractivity contribution is 5.95. The molecule has 0 saturated carbocycles. The minimum atomic E-state index is -0.280. The Balaban J connectivity index is 2.52. The zero-order valence-corrected chi connectivity index (χ0v) is 14.9. The first-order chi connectivity index (χ1) is 10.8. The van der Waals surface area contributed by atoms with Gasteiger partial charge >= 0.3 is 0 Å². The highest BCUT2D eigenvalue weighted by Gasteiger charge is 2.23. The Morgan fingerprint density at radius 1 is 1.26 bits per heavy atom. The molecule has 2 unspecified atom stereocenters. The monoisotopic (exact) mass is 319 g/mol. The van der Waals surface area contributed by atoms with Gasteiger partial charge in [-0.3, -0.25) is 9.59 Å². The predicted molar refractivity (Wildman–Crippen MR) is 92.9 cm³/mol. The minimum Gasteiger partial charge on any atom is -0.375 e. The van der Waals surface area contributed by atoms with Gasteiger partial charge in [0.05, 0.1) is 5.60 Å². The molecule has 0 heterocycles. The Bertz CT molecular complexity index is 508. The maximum Gasteiger partial charge on any atom is 0.251 e. The molecule has 1 aromatic carbocycles. The van der Waals surface area contributed by atoms with E-state index in [9.17, 15) is 9.59 Å². The predicted octanol–water partition coefficient (Wildman–Crippen LogP) is 3.85. The van der Waals surface area contributed by atoms with Gasteiger partial charge in [0.1, 0.15) is 6.29 Å². The third-order valence-corrected chi connectivity index (χ3v) is 3.94. The topological polar surface area (TPSA) is 55.4 Å². The van der Waals surface area contributed by atoms with E-state index in [2.05, 4.69) is 33.0 Å². The smallest absolute Gasteiger partial charge is 0.251 e.